The fourth-order valence-electron chi connectivity index (χ4n) is 10.4. The summed E-state index contributed by atoms with van der Waals surface area (Å²) in [6.45, 7) is 12.8. The molecule has 764 valence electrons. The van der Waals surface area contributed by atoms with E-state index in [4.69, 9.17) is 81.4 Å². The number of hydrogen-bond donors (Lipinski definition) is 8. The molecule has 42 heteroatoms. The standard InChI is InChI=1S/C31H35F6N3O8.C21H30N4O4.C20H27FN4O4.C20H28N4O4.4CH4/c1-29(2,45-3)28(44)40-22(23(41)18-47-27(30(32,33)34)31(35,36)37)10-7-15-39-24(38)16-25(42)46-17-19-11-13-21(14-12-19)48-26(43)20-8-5-4-6-9-20;1-15-7-9-16(10-8-15)29-14-18(26)17(25-20(27)21(2,3)28-4)6-5-13-24-19(23)11-12-22;1-20(2,28-3)19(27)25-16(8-5-11-24-18(23)9-10-22)17(26)13-29-15-7-4-6-14(21)12-15;1-20(2,27-3)19(26)24-16(10-7-13-23-18(22)11-12-21)17(25)14-28-15-8-5-4-6-9-15;;;;/h4-6,8-9,11-14,22,27H,7,10,15-18H2,1-3H3,(H2,38,39)(H,40,44);7-10,17H,5-6,11,13-14H2,1-4H3,(H2,23,24)(H,25,27);4,6-7,12,16H,5,8-9,11,13H2,1-3H3,(H2,23,24)(H,25,27);4-6,8-9,16H,7,10-11,13-14H2,1-3H3,(H2,22,23)(H,24,26);4*1H4. The van der Waals surface area contributed by atoms with Gasteiger partial charge < -0.3 is 91.6 Å². The predicted molar refractivity (Wildman–Crippen MR) is 507 cm³/mol. The normalized spacial score (nSPS) is 12.5. The highest BCUT2D eigenvalue weighted by molar-refractivity contribution is 5.98. The number of rotatable bonds is 53. The second kappa shape index (κ2) is 66.2. The van der Waals surface area contributed by atoms with Gasteiger partial charge in [0.15, 0.2) is 23.1 Å². The third kappa shape index (κ3) is 52.1. The van der Waals surface area contributed by atoms with Crippen LogP contribution in [0.15, 0.2) is 153 Å². The lowest BCUT2D eigenvalue weighted by Crippen LogP contribution is -2.52. The number of ketones is 4. The van der Waals surface area contributed by atoms with Crippen molar-refractivity contribution in [3.63, 3.8) is 0 Å². The van der Waals surface area contributed by atoms with Crippen molar-refractivity contribution in [3.05, 3.63) is 156 Å². The quantitative estimate of drug-likeness (QED) is 0.00447. The van der Waals surface area contributed by atoms with Crippen molar-refractivity contribution in [1.82, 2.24) is 21.3 Å². The predicted octanol–water partition coefficient (Wildman–Crippen LogP) is 12.2. The highest BCUT2D eigenvalue weighted by atomic mass is 19.4. The number of benzene rings is 5. The molecule has 4 atom stereocenters. The van der Waals surface area contributed by atoms with Crippen molar-refractivity contribution < 1.29 is 126 Å². The number of nitrogens with one attached hydrogen (secondary N) is 4. The fourth-order valence-corrected chi connectivity index (χ4v) is 10.4. The van der Waals surface area contributed by atoms with Gasteiger partial charge in [-0.05, 0) is 180 Å². The molecule has 0 spiro atoms. The van der Waals surface area contributed by atoms with Crippen molar-refractivity contribution in [2.24, 2.45) is 42.9 Å². The Morgan fingerprint density at radius 3 is 1.05 bits per heavy atom. The Morgan fingerprint density at radius 1 is 0.406 bits per heavy atom. The SMILES string of the molecule is C.C.C.C.COC(C)(C)C(=O)NC(CCCN=C(N)CC#N)C(=O)COc1ccc(C)cc1.COC(C)(C)C(=O)NC(CCCN=C(N)CC#N)C(=O)COc1cccc(F)c1.COC(C)(C)C(=O)NC(CCCN=C(N)CC#N)C(=O)COc1ccccc1.COC(C)(C)C(=O)NC(CCCN=C(N)CC(=O)OCc1ccc(OC(=O)c2ccccc2)cc1)C(=O)COC(C(F)(F)F)C(F)(F)F. The number of para-hydroxylation sites is 1. The molecule has 5 aromatic rings. The van der Waals surface area contributed by atoms with Crippen LogP contribution in [0.3, 0.4) is 0 Å². The fraction of sp³-hybridized carbons (Fsp3) is 0.510. The molecule has 0 aliphatic rings. The van der Waals surface area contributed by atoms with Gasteiger partial charge in [-0.25, -0.2) is 9.18 Å². The highest BCUT2D eigenvalue weighted by Crippen LogP contribution is 2.36. The van der Waals surface area contributed by atoms with Gasteiger partial charge in [0.05, 0.1) is 67.2 Å². The van der Waals surface area contributed by atoms with Crippen LogP contribution in [-0.2, 0) is 78.2 Å². The number of hydrogen-bond acceptors (Lipinski definition) is 27. The average Bonchev–Trinajstić information content (AvgIpc) is 0.827. The number of aryl methyl sites for hydroxylation is 1. The van der Waals surface area contributed by atoms with E-state index in [1.165, 1.54) is 78.7 Å². The van der Waals surface area contributed by atoms with E-state index in [1.54, 1.807) is 108 Å². The monoisotopic (exact) mass is 1950 g/mol. The molecule has 0 aliphatic heterocycles. The minimum absolute atomic E-state index is 0. The van der Waals surface area contributed by atoms with E-state index >= 15 is 0 Å². The van der Waals surface area contributed by atoms with Gasteiger partial charge in [0.2, 0.25) is 6.10 Å². The van der Waals surface area contributed by atoms with E-state index in [9.17, 15) is 78.7 Å². The Kier molecular flexibility index (Phi) is 61.8. The van der Waals surface area contributed by atoms with Crippen LogP contribution in [0.2, 0.25) is 0 Å². The summed E-state index contributed by atoms with van der Waals surface area (Å²) in [4.78, 5) is 141. The molecule has 4 unspecified atom stereocenters. The van der Waals surface area contributed by atoms with E-state index in [2.05, 4.69) is 46.0 Å². The van der Waals surface area contributed by atoms with Crippen LogP contribution in [0.25, 0.3) is 0 Å². The Morgan fingerprint density at radius 2 is 0.717 bits per heavy atom. The first-order valence-corrected chi connectivity index (χ1v) is 41.9. The molecule has 0 bridgehead atoms. The summed E-state index contributed by atoms with van der Waals surface area (Å²) in [5.74, 6) is -3.75. The highest BCUT2D eigenvalue weighted by Gasteiger charge is 2.58. The summed E-state index contributed by atoms with van der Waals surface area (Å²) in [6.07, 6.45) is -13.9. The summed E-state index contributed by atoms with van der Waals surface area (Å²) in [5.41, 5.74) is 19.8. The number of methoxy groups -OCH3 is 4. The first-order chi connectivity index (χ1) is 63.0. The molecule has 4 amide bonds. The van der Waals surface area contributed by atoms with Crippen LogP contribution in [0.5, 0.6) is 23.0 Å². The minimum Gasteiger partial charge on any atom is -0.486 e. The average molecular weight is 1950 g/mol. The van der Waals surface area contributed by atoms with Crippen LogP contribution < -0.4 is 63.1 Å². The van der Waals surface area contributed by atoms with Gasteiger partial charge in [0.1, 0.15) is 114 Å². The van der Waals surface area contributed by atoms with Crippen molar-refractivity contribution in [1.29, 1.82) is 15.8 Å². The number of esters is 2. The first kappa shape index (κ1) is 129. The number of aliphatic imine (C=N–C) groups is 4. The zero-order chi connectivity index (χ0) is 101. The number of halogens is 7. The Labute approximate surface area is 803 Å². The zero-order valence-electron chi connectivity index (χ0n) is 77.2. The van der Waals surface area contributed by atoms with Crippen LogP contribution >= 0.6 is 0 Å². The lowest BCUT2D eigenvalue weighted by molar-refractivity contribution is -0.319. The van der Waals surface area contributed by atoms with Gasteiger partial charge in [-0.1, -0.05) is 102 Å². The van der Waals surface area contributed by atoms with Crippen molar-refractivity contribution in [2.45, 2.75) is 241 Å². The Balaban J connectivity index is -0.00000180. The number of amidine groups is 4. The number of carbonyl (C=O) groups is 10. The molecule has 0 radical (unpaired) electrons. The van der Waals surface area contributed by atoms with E-state index in [0.717, 1.165) is 5.56 Å². The minimum atomic E-state index is -5.83. The number of nitriles is 3. The van der Waals surface area contributed by atoms with Crippen LogP contribution in [0.4, 0.5) is 30.7 Å². The molecule has 0 aliphatic carbocycles. The number of alkyl halides is 6. The lowest BCUT2D eigenvalue weighted by Gasteiger charge is -2.27. The zero-order valence-corrected chi connectivity index (χ0v) is 77.2. The molecule has 0 aromatic heterocycles. The third-order valence-electron chi connectivity index (χ3n) is 19.2. The third-order valence-corrected chi connectivity index (χ3v) is 19.2. The molecule has 5 aromatic carbocycles. The molecular formula is C96H136F7N15O20. The number of nitrogens with zero attached hydrogens (tertiary/aromatic N) is 7. The molecular weight excluding hydrogens is 1820 g/mol. The van der Waals surface area contributed by atoms with Crippen molar-refractivity contribution >= 4 is 82.0 Å². The number of Topliss-reactive ketones (excluding diaryl/α,β-unsaturated/α-hetero) is 4. The van der Waals surface area contributed by atoms with E-state index in [1.807, 2.05) is 55.5 Å². The largest absolute Gasteiger partial charge is 0.486 e. The second-order valence-electron chi connectivity index (χ2n) is 31.4. The van der Waals surface area contributed by atoms with E-state index in [-0.39, 0.29) is 159 Å². The summed E-state index contributed by atoms with van der Waals surface area (Å²) in [6, 6.07) is 38.2. The molecule has 0 fully saturated rings. The molecule has 0 saturated carbocycles. The molecule has 138 heavy (non-hydrogen) atoms. The second-order valence-corrected chi connectivity index (χ2v) is 31.4. The van der Waals surface area contributed by atoms with Gasteiger partial charge in [-0.3, -0.25) is 63.1 Å². The summed E-state index contributed by atoms with van der Waals surface area (Å²) in [7, 11) is 5.45. The van der Waals surface area contributed by atoms with Crippen LogP contribution in [0, 0.1) is 46.7 Å². The smallest absolute Gasteiger partial charge is 0.423 e. The lowest BCUT2D eigenvalue weighted by atomic mass is 10.0. The van der Waals surface area contributed by atoms with Crippen molar-refractivity contribution in [2.75, 3.05) is 81.0 Å². The van der Waals surface area contributed by atoms with Crippen molar-refractivity contribution in [3.8, 4) is 41.2 Å². The molecule has 12 N–H and O–H groups in total. The van der Waals surface area contributed by atoms with Gasteiger partial charge in [0.25, 0.3) is 23.6 Å². The van der Waals surface area contributed by atoms with E-state index < -0.39 is 113 Å². The molecule has 5 rings (SSSR count). The maximum Gasteiger partial charge on any atom is 0.423 e. The van der Waals surface area contributed by atoms with Gasteiger partial charge >= 0.3 is 24.3 Å². The number of carbonyl (C=O) groups excluding carboxylic acids is 10. The van der Waals surface area contributed by atoms with Gasteiger partial charge in [-0.2, -0.15) is 42.1 Å². The number of nitrogens with two attached hydrogens (primary N) is 4. The Hall–Kier alpha value is -13.3. The summed E-state index contributed by atoms with van der Waals surface area (Å²) < 4.78 is 141. The number of ether oxygens (including phenoxy) is 10. The summed E-state index contributed by atoms with van der Waals surface area (Å²) >= 11 is 0. The first-order valence-electron chi connectivity index (χ1n) is 41.9. The Bertz CT molecular complexity index is 4820. The van der Waals surface area contributed by atoms with Crippen LogP contribution in [0.1, 0.15) is 184 Å². The molecule has 35 nitrogen and oxygen atoms in total. The molecule has 0 heterocycles. The van der Waals surface area contributed by atoms with Gasteiger partial charge in [-0.15, -0.1) is 0 Å². The maximum absolute atomic E-state index is 13.2. The maximum atomic E-state index is 13.2. The van der Waals surface area contributed by atoms with Gasteiger partial charge in [0, 0.05) is 60.7 Å². The number of amides is 4. The summed E-state index contributed by atoms with van der Waals surface area (Å²) in [5, 5.41) is 36.1. The topological polar surface area (TPSA) is 536 Å². The van der Waals surface area contributed by atoms with Crippen LogP contribution in [-0.4, -0.2) is 228 Å². The molecule has 0 saturated heterocycles. The van der Waals surface area contributed by atoms with E-state index in [0.29, 0.717) is 80.8 Å².